The Balaban J connectivity index is 0.000000116. The van der Waals surface area contributed by atoms with E-state index in [0.29, 0.717) is 90.0 Å². The molecule has 8 saturated carbocycles. The molecule has 0 spiro atoms. The number of aromatic hydroxyl groups is 4. The van der Waals surface area contributed by atoms with Crippen molar-refractivity contribution in [1.82, 2.24) is 0 Å². The largest absolute Gasteiger partial charge is 0.508 e. The van der Waals surface area contributed by atoms with Crippen LogP contribution in [0.2, 0.25) is 0 Å². The van der Waals surface area contributed by atoms with Crippen molar-refractivity contribution < 1.29 is 39.4 Å². The van der Waals surface area contributed by atoms with Gasteiger partial charge in [0.2, 0.25) is 0 Å². The summed E-state index contributed by atoms with van der Waals surface area (Å²) in [6, 6.07) is 15.2. The molecule has 4 aromatic carbocycles. The number of benzene rings is 4. The minimum absolute atomic E-state index is 0.188. The van der Waals surface area contributed by atoms with Gasteiger partial charge in [-0.05, 0) is 266 Å². The van der Waals surface area contributed by atoms with Gasteiger partial charge in [-0.2, -0.15) is 0 Å². The predicted octanol–water partition coefficient (Wildman–Crippen LogP) is 21.8. The van der Waals surface area contributed by atoms with Gasteiger partial charge in [-0.1, -0.05) is 136 Å². The molecule has 4 N–H and O–H groups in total. The zero-order valence-corrected chi connectivity index (χ0v) is 63.6. The first-order valence-corrected chi connectivity index (χ1v) is 38.5. The highest BCUT2D eigenvalue weighted by atomic mass is 16.5. The number of hydrogen-bond acceptors (Lipinski definition) is 8. The lowest BCUT2D eigenvalue weighted by Gasteiger charge is -2.61. The van der Waals surface area contributed by atoms with Gasteiger partial charge in [0.25, 0.3) is 0 Å². The second-order valence-electron chi connectivity index (χ2n) is 39.2. The van der Waals surface area contributed by atoms with Gasteiger partial charge >= 0.3 is 0 Å². The second-order valence-corrected chi connectivity index (χ2v) is 39.2. The standard InChI is InChI=1S/4C22H32O2/c4*1-20(2)8-6-9-21(3)17(20)7-10-22(4)18(21)12-14-11-15(23)13-16(24-5)19(14)22/h4*11,13,17-18,23H,6-10,12H2,1-5H3/t17-,18+,21-,22+;17-,18+,21-,22-;17-,18-,21-,22+;17-,18-,21-,22-/m0000/s1. The molecule has 8 heteroatoms. The summed E-state index contributed by atoms with van der Waals surface area (Å²) in [5.74, 6) is 10.9. The van der Waals surface area contributed by atoms with Gasteiger partial charge in [-0.15, -0.1) is 0 Å². The molecule has 0 aromatic heterocycles. The SMILES string of the molecule is COc1cc(O)cc2c1[C@@]1(C)CC[C@H]3C(C)(C)CCC[C@]3(C)[C@@H]1C2.COc1cc(O)cc2c1[C@@]1(C)CC[C@H]3C(C)(C)CCC[C@]3(C)[C@H]1C2.COc1cc(O)cc2c1[C@]1(C)CC[C@H]3C(C)(C)CCC[C@]3(C)[C@@H]1C2.COc1cc(O)cc2c1[C@]1(C)CC[C@H]3C(C)(C)CCC[C@]3(C)[C@H]1C2. The Labute approximate surface area is 581 Å². The Morgan fingerprint density at radius 3 is 0.625 bits per heavy atom. The third-order valence-electron chi connectivity index (χ3n) is 32.7. The van der Waals surface area contributed by atoms with E-state index in [4.69, 9.17) is 18.9 Å². The van der Waals surface area contributed by atoms with Crippen LogP contribution in [0.4, 0.5) is 0 Å². The first-order valence-electron chi connectivity index (χ1n) is 38.5. The lowest BCUT2D eigenvalue weighted by molar-refractivity contribution is -0.0986. The highest BCUT2D eigenvalue weighted by Gasteiger charge is 2.66. The van der Waals surface area contributed by atoms with Crippen molar-refractivity contribution in [1.29, 1.82) is 0 Å². The van der Waals surface area contributed by atoms with E-state index in [-0.39, 0.29) is 21.7 Å². The summed E-state index contributed by atoms with van der Waals surface area (Å²) < 4.78 is 22.8. The van der Waals surface area contributed by atoms with Crippen LogP contribution < -0.4 is 18.9 Å². The molecule has 4 aromatic rings. The summed E-state index contributed by atoms with van der Waals surface area (Å²) in [4.78, 5) is 0. The van der Waals surface area contributed by atoms with E-state index in [9.17, 15) is 20.4 Å². The fraction of sp³-hybridized carbons (Fsp3) is 0.727. The van der Waals surface area contributed by atoms with Crippen LogP contribution in [-0.2, 0) is 47.3 Å². The van der Waals surface area contributed by atoms with Gasteiger partial charge < -0.3 is 39.4 Å². The van der Waals surface area contributed by atoms with Crippen LogP contribution >= 0.6 is 0 Å². The number of ether oxygens (including phenoxy) is 4. The molecule has 8 fully saturated rings. The fourth-order valence-corrected chi connectivity index (χ4v) is 29.0. The summed E-state index contributed by atoms with van der Waals surface area (Å²) in [5, 5.41) is 40.5. The average Bonchev–Trinajstić information content (AvgIpc) is 1.51. The molecule has 0 heterocycles. The lowest BCUT2D eigenvalue weighted by Crippen LogP contribution is -2.55. The monoisotopic (exact) mass is 1310 g/mol. The van der Waals surface area contributed by atoms with E-state index in [0.717, 1.165) is 72.4 Å². The highest BCUT2D eigenvalue weighted by molar-refractivity contribution is 5.58. The molecule has 0 aliphatic heterocycles. The molecule has 528 valence electrons. The quantitative estimate of drug-likeness (QED) is 0.160. The first-order chi connectivity index (χ1) is 44.9. The minimum Gasteiger partial charge on any atom is -0.508 e. The normalized spacial score (nSPS) is 39.7. The van der Waals surface area contributed by atoms with E-state index in [1.165, 1.54) is 173 Å². The molecular formula is C88H128O8. The summed E-state index contributed by atoms with van der Waals surface area (Å²) in [5.41, 5.74) is 15.0. The van der Waals surface area contributed by atoms with Crippen LogP contribution in [0, 0.1) is 90.7 Å². The van der Waals surface area contributed by atoms with Crippen molar-refractivity contribution in [2.45, 2.75) is 287 Å². The molecule has 12 aliphatic rings. The number of hydrogen-bond donors (Lipinski definition) is 4. The van der Waals surface area contributed by atoms with Crippen molar-refractivity contribution in [2.24, 2.45) is 90.7 Å². The average molecular weight is 1310 g/mol. The predicted molar refractivity (Wildman–Crippen MR) is 391 cm³/mol. The molecule has 16 atom stereocenters. The number of rotatable bonds is 4. The smallest absolute Gasteiger partial charge is 0.126 e. The van der Waals surface area contributed by atoms with Crippen molar-refractivity contribution in [3.05, 3.63) is 93.0 Å². The van der Waals surface area contributed by atoms with E-state index >= 15 is 0 Å². The van der Waals surface area contributed by atoms with Crippen molar-refractivity contribution in [3.63, 3.8) is 0 Å². The van der Waals surface area contributed by atoms with Crippen molar-refractivity contribution >= 4 is 0 Å². The fourth-order valence-electron chi connectivity index (χ4n) is 29.0. The highest BCUT2D eigenvalue weighted by Crippen LogP contribution is 2.74. The van der Waals surface area contributed by atoms with Crippen LogP contribution in [0.3, 0.4) is 0 Å². The molecule has 96 heavy (non-hydrogen) atoms. The van der Waals surface area contributed by atoms with Gasteiger partial charge in [-0.3, -0.25) is 0 Å². The summed E-state index contributed by atoms with van der Waals surface area (Å²) in [7, 11) is 6.96. The van der Waals surface area contributed by atoms with Crippen LogP contribution in [-0.4, -0.2) is 48.9 Å². The first kappa shape index (κ1) is 69.7. The molecule has 8 nitrogen and oxygen atoms in total. The molecule has 0 radical (unpaired) electrons. The number of phenols is 4. The Morgan fingerprint density at radius 2 is 0.448 bits per heavy atom. The number of fused-ring (bicyclic) bond motifs is 20. The molecule has 0 unspecified atom stereocenters. The number of phenolic OH excluding ortho intramolecular Hbond substituents is 4. The van der Waals surface area contributed by atoms with E-state index in [2.05, 4.69) is 111 Å². The molecule has 0 bridgehead atoms. The van der Waals surface area contributed by atoms with Gasteiger partial charge in [0, 0.05) is 68.2 Å². The van der Waals surface area contributed by atoms with Crippen LogP contribution in [0.25, 0.3) is 0 Å². The maximum absolute atomic E-state index is 10.1. The van der Waals surface area contributed by atoms with Crippen molar-refractivity contribution in [2.75, 3.05) is 28.4 Å². The topological polar surface area (TPSA) is 118 Å². The third-order valence-corrected chi connectivity index (χ3v) is 32.7. The third kappa shape index (κ3) is 10.4. The van der Waals surface area contributed by atoms with Crippen LogP contribution in [0.1, 0.15) is 284 Å². The summed E-state index contributed by atoms with van der Waals surface area (Å²) in [6.45, 7) is 40.1. The Hall–Kier alpha value is -4.72. The van der Waals surface area contributed by atoms with E-state index in [1.54, 1.807) is 28.4 Å². The molecule has 0 amide bonds. The van der Waals surface area contributed by atoms with Crippen LogP contribution in [0.5, 0.6) is 46.0 Å². The minimum atomic E-state index is 0.188. The molecule has 12 aliphatic carbocycles. The molecular weight excluding hydrogens is 1180 g/mol. The van der Waals surface area contributed by atoms with Gasteiger partial charge in [-0.25, -0.2) is 0 Å². The van der Waals surface area contributed by atoms with Crippen LogP contribution in [0.15, 0.2) is 48.5 Å². The number of methoxy groups -OCH3 is 4. The Kier molecular flexibility index (Phi) is 17.0. The van der Waals surface area contributed by atoms with Gasteiger partial charge in [0.05, 0.1) is 28.4 Å². The lowest BCUT2D eigenvalue weighted by atomic mass is 9.43. The molecule has 16 rings (SSSR count). The van der Waals surface area contributed by atoms with E-state index in [1.807, 2.05) is 48.5 Å². The zero-order chi connectivity index (χ0) is 69.3. The maximum Gasteiger partial charge on any atom is 0.126 e. The maximum atomic E-state index is 10.1. The van der Waals surface area contributed by atoms with E-state index < -0.39 is 0 Å². The Morgan fingerprint density at radius 1 is 0.260 bits per heavy atom. The Bertz CT molecular complexity index is 3180. The summed E-state index contributed by atoms with van der Waals surface area (Å²) in [6.07, 6.45) is 30.9. The molecule has 0 saturated heterocycles. The van der Waals surface area contributed by atoms with Crippen molar-refractivity contribution in [3.8, 4) is 46.0 Å². The summed E-state index contributed by atoms with van der Waals surface area (Å²) >= 11 is 0. The second kappa shape index (κ2) is 23.4. The van der Waals surface area contributed by atoms with Gasteiger partial charge in [0.1, 0.15) is 46.0 Å². The van der Waals surface area contributed by atoms with Gasteiger partial charge in [0.15, 0.2) is 0 Å². The zero-order valence-electron chi connectivity index (χ0n) is 63.6.